The quantitative estimate of drug-likeness (QED) is 0.785. The lowest BCUT2D eigenvalue weighted by Crippen LogP contribution is -2.14. The van der Waals surface area contributed by atoms with E-state index >= 15 is 0 Å². The normalized spacial score (nSPS) is 13.1. The van der Waals surface area contributed by atoms with Gasteiger partial charge in [0.15, 0.2) is 0 Å². The van der Waals surface area contributed by atoms with Crippen LogP contribution in [0.15, 0.2) is 24.3 Å². The van der Waals surface area contributed by atoms with Crippen molar-refractivity contribution in [3.63, 3.8) is 0 Å². The predicted molar refractivity (Wildman–Crippen MR) is 62.8 cm³/mol. The highest BCUT2D eigenvalue weighted by Crippen LogP contribution is 2.19. The Hall–Kier alpha value is -0.890. The first-order valence-electron chi connectivity index (χ1n) is 5.51. The van der Waals surface area contributed by atoms with E-state index in [0.717, 1.165) is 12.0 Å². The van der Waals surface area contributed by atoms with Crippen molar-refractivity contribution in [3.8, 4) is 0 Å². The Labute approximate surface area is 91.7 Å². The first-order valence-corrected chi connectivity index (χ1v) is 5.51. The topological polar surface area (TPSA) is 12.0 Å². The van der Waals surface area contributed by atoms with E-state index in [1.54, 1.807) is 7.05 Å². The molecule has 1 nitrogen and oxygen atoms in total. The summed E-state index contributed by atoms with van der Waals surface area (Å²) in [6, 6.07) is 7.83. The summed E-state index contributed by atoms with van der Waals surface area (Å²) in [4.78, 5) is 0. The van der Waals surface area contributed by atoms with E-state index in [2.05, 4.69) is 25.2 Å². The van der Waals surface area contributed by atoms with Crippen LogP contribution in [-0.4, -0.2) is 13.6 Å². The molecule has 2 heteroatoms. The molecule has 1 unspecified atom stereocenters. The fraction of sp³-hybridized carbons (Fsp3) is 0.538. The number of likely N-dealkylation sites (N-methyl/N-ethyl adjacent to an activating group) is 1. The van der Waals surface area contributed by atoms with Crippen molar-refractivity contribution in [3.05, 3.63) is 35.4 Å². The van der Waals surface area contributed by atoms with Crippen molar-refractivity contribution in [2.24, 2.45) is 5.92 Å². The van der Waals surface area contributed by atoms with E-state index in [4.69, 9.17) is 0 Å². The molecule has 84 valence electrons. The third kappa shape index (κ3) is 4.00. The first-order chi connectivity index (χ1) is 7.13. The average molecular weight is 209 g/mol. The third-order valence-electron chi connectivity index (χ3n) is 2.34. The second-order valence-electron chi connectivity index (χ2n) is 4.37. The molecule has 0 aliphatic heterocycles. The van der Waals surface area contributed by atoms with E-state index in [1.165, 1.54) is 5.56 Å². The molecular formula is C13H20FN. The predicted octanol–water partition coefficient (Wildman–Crippen LogP) is 3.12. The van der Waals surface area contributed by atoms with Gasteiger partial charge in [0.05, 0.1) is 0 Å². The minimum Gasteiger partial charge on any atom is -0.317 e. The Morgan fingerprint density at radius 2 is 2.07 bits per heavy atom. The molecule has 1 rings (SSSR count). The summed E-state index contributed by atoms with van der Waals surface area (Å²) in [5, 5.41) is 2.85. The summed E-state index contributed by atoms with van der Waals surface area (Å²) in [6.07, 6.45) is 0.113. The lowest BCUT2D eigenvalue weighted by molar-refractivity contribution is 0.335. The minimum atomic E-state index is -0.901. The first kappa shape index (κ1) is 12.2. The van der Waals surface area contributed by atoms with Crippen molar-refractivity contribution in [1.82, 2.24) is 5.32 Å². The maximum absolute atomic E-state index is 13.6. The van der Waals surface area contributed by atoms with Crippen molar-refractivity contribution in [2.75, 3.05) is 13.6 Å². The minimum absolute atomic E-state index is 0.380. The molecule has 0 aromatic heterocycles. The standard InChI is InChI=1S/C13H20FN/c1-10(2)7-11-5-4-6-12(8-11)13(14)9-15-3/h4-6,8,10,13,15H,7,9H2,1-3H3. The zero-order valence-corrected chi connectivity index (χ0v) is 9.76. The fourth-order valence-electron chi connectivity index (χ4n) is 1.68. The van der Waals surface area contributed by atoms with Gasteiger partial charge in [0, 0.05) is 6.54 Å². The van der Waals surface area contributed by atoms with Gasteiger partial charge in [0.1, 0.15) is 6.17 Å². The number of alkyl halides is 1. The van der Waals surface area contributed by atoms with Crippen LogP contribution in [0.1, 0.15) is 31.1 Å². The van der Waals surface area contributed by atoms with Gasteiger partial charge in [-0.3, -0.25) is 0 Å². The zero-order valence-electron chi connectivity index (χ0n) is 9.76. The molecule has 1 atom stereocenters. The number of benzene rings is 1. The second kappa shape index (κ2) is 5.86. The van der Waals surface area contributed by atoms with Crippen LogP contribution in [-0.2, 0) is 6.42 Å². The van der Waals surface area contributed by atoms with Crippen LogP contribution in [0.4, 0.5) is 4.39 Å². The summed E-state index contributed by atoms with van der Waals surface area (Å²) in [5.41, 5.74) is 2.00. The number of nitrogens with one attached hydrogen (secondary N) is 1. The van der Waals surface area contributed by atoms with Crippen molar-refractivity contribution in [1.29, 1.82) is 0 Å². The van der Waals surface area contributed by atoms with Gasteiger partial charge in [-0.2, -0.15) is 0 Å². The molecule has 1 N–H and O–H groups in total. The van der Waals surface area contributed by atoms with Crippen LogP contribution in [0, 0.1) is 5.92 Å². The smallest absolute Gasteiger partial charge is 0.137 e. The number of halogens is 1. The average Bonchev–Trinajstić information content (AvgIpc) is 2.17. The van der Waals surface area contributed by atoms with Gasteiger partial charge >= 0.3 is 0 Å². The molecular weight excluding hydrogens is 189 g/mol. The molecule has 0 amide bonds. The van der Waals surface area contributed by atoms with Gasteiger partial charge in [-0.1, -0.05) is 38.1 Å². The molecule has 0 spiro atoms. The van der Waals surface area contributed by atoms with Crippen LogP contribution in [0.25, 0.3) is 0 Å². The van der Waals surface area contributed by atoms with Gasteiger partial charge in [-0.05, 0) is 30.5 Å². The molecule has 0 fully saturated rings. The van der Waals surface area contributed by atoms with Crippen LogP contribution in [0.5, 0.6) is 0 Å². The third-order valence-corrected chi connectivity index (χ3v) is 2.34. The molecule has 1 aromatic rings. The maximum Gasteiger partial charge on any atom is 0.137 e. The van der Waals surface area contributed by atoms with E-state index < -0.39 is 6.17 Å². The Bertz CT molecular complexity index is 296. The fourth-order valence-corrected chi connectivity index (χ4v) is 1.68. The van der Waals surface area contributed by atoms with Gasteiger partial charge < -0.3 is 5.32 Å². The molecule has 0 aliphatic carbocycles. The molecule has 0 aliphatic rings. The summed E-state index contributed by atoms with van der Waals surface area (Å²) >= 11 is 0. The van der Waals surface area contributed by atoms with Crippen molar-refractivity contribution < 1.29 is 4.39 Å². The van der Waals surface area contributed by atoms with E-state index in [9.17, 15) is 4.39 Å². The van der Waals surface area contributed by atoms with Crippen LogP contribution in [0.3, 0.4) is 0 Å². The van der Waals surface area contributed by atoms with Gasteiger partial charge in [-0.15, -0.1) is 0 Å². The Morgan fingerprint density at radius 1 is 1.33 bits per heavy atom. The summed E-state index contributed by atoms with van der Waals surface area (Å²) < 4.78 is 13.6. The van der Waals surface area contributed by atoms with Crippen LogP contribution in [0.2, 0.25) is 0 Å². The summed E-state index contributed by atoms with van der Waals surface area (Å²) in [7, 11) is 1.77. The highest BCUT2D eigenvalue weighted by atomic mass is 19.1. The van der Waals surface area contributed by atoms with E-state index in [-0.39, 0.29) is 0 Å². The second-order valence-corrected chi connectivity index (χ2v) is 4.37. The summed E-state index contributed by atoms with van der Waals surface area (Å²) in [6.45, 7) is 4.73. The highest BCUT2D eigenvalue weighted by molar-refractivity contribution is 5.25. The Balaban J connectivity index is 2.73. The van der Waals surface area contributed by atoms with Gasteiger partial charge in [-0.25, -0.2) is 4.39 Å². The van der Waals surface area contributed by atoms with Crippen LogP contribution >= 0.6 is 0 Å². The SMILES string of the molecule is CNCC(F)c1cccc(CC(C)C)c1. The number of rotatable bonds is 5. The molecule has 1 aromatic carbocycles. The van der Waals surface area contributed by atoms with Crippen molar-refractivity contribution in [2.45, 2.75) is 26.4 Å². The van der Waals surface area contributed by atoms with E-state index in [0.29, 0.717) is 12.5 Å². The largest absolute Gasteiger partial charge is 0.317 e. The molecule has 0 saturated carbocycles. The monoisotopic (exact) mass is 209 g/mol. The Morgan fingerprint density at radius 3 is 2.67 bits per heavy atom. The molecule has 0 heterocycles. The number of hydrogen-bond acceptors (Lipinski definition) is 1. The lowest BCUT2D eigenvalue weighted by Gasteiger charge is -2.10. The lowest BCUT2D eigenvalue weighted by atomic mass is 9.99. The number of hydrogen-bond donors (Lipinski definition) is 1. The van der Waals surface area contributed by atoms with E-state index in [1.807, 2.05) is 18.2 Å². The molecule has 0 bridgehead atoms. The Kier molecular flexibility index (Phi) is 4.76. The molecule has 0 radical (unpaired) electrons. The maximum atomic E-state index is 13.6. The summed E-state index contributed by atoms with van der Waals surface area (Å²) in [5.74, 6) is 0.614. The molecule has 15 heavy (non-hydrogen) atoms. The van der Waals surface area contributed by atoms with Gasteiger partial charge in [0.2, 0.25) is 0 Å². The van der Waals surface area contributed by atoms with Gasteiger partial charge in [0.25, 0.3) is 0 Å². The molecule has 0 saturated heterocycles. The zero-order chi connectivity index (χ0) is 11.3. The highest BCUT2D eigenvalue weighted by Gasteiger charge is 2.08. The van der Waals surface area contributed by atoms with Crippen molar-refractivity contribution >= 4 is 0 Å². The van der Waals surface area contributed by atoms with Crippen LogP contribution < -0.4 is 5.32 Å².